The summed E-state index contributed by atoms with van der Waals surface area (Å²) in [4.78, 5) is 11.8. The summed E-state index contributed by atoms with van der Waals surface area (Å²) in [5.74, 6) is 6.05. The lowest BCUT2D eigenvalue weighted by atomic mass is 9.77. The van der Waals surface area contributed by atoms with Crippen molar-refractivity contribution in [2.45, 2.75) is 12.2 Å². The highest BCUT2D eigenvalue weighted by Gasteiger charge is 2.49. The lowest BCUT2D eigenvalue weighted by Gasteiger charge is -2.37. The van der Waals surface area contributed by atoms with Crippen molar-refractivity contribution in [3.63, 3.8) is 0 Å². The topological polar surface area (TPSA) is 103 Å². The first-order valence-electron chi connectivity index (χ1n) is 9.14. The number of carbonyl (C=O) groups is 1. The Bertz CT molecular complexity index is 1130. The molecular formula is C22H18N2O5. The van der Waals surface area contributed by atoms with Crippen molar-refractivity contribution in [1.82, 2.24) is 5.43 Å². The van der Waals surface area contributed by atoms with Crippen molar-refractivity contribution in [2.75, 3.05) is 6.54 Å². The van der Waals surface area contributed by atoms with Crippen LogP contribution in [0.25, 0.3) is 0 Å². The molecule has 5 rings (SSSR count). The SMILES string of the molecule is NNCC(=O)Oc1ccc2c(c1)Oc1cc(O)ccc1C21OCc2ccccc21. The molecule has 0 aromatic heterocycles. The predicted octanol–water partition coefficient (Wildman–Crippen LogP) is 2.69. The minimum Gasteiger partial charge on any atom is -0.508 e. The molecule has 0 bridgehead atoms. The minimum absolute atomic E-state index is 0.0882. The number of hydrogen-bond donors (Lipinski definition) is 3. The summed E-state index contributed by atoms with van der Waals surface area (Å²) in [5, 5.41) is 9.99. The molecule has 1 spiro atoms. The van der Waals surface area contributed by atoms with Crippen LogP contribution in [-0.2, 0) is 21.7 Å². The molecule has 2 heterocycles. The summed E-state index contributed by atoms with van der Waals surface area (Å²) < 4.78 is 17.8. The average molecular weight is 390 g/mol. The zero-order chi connectivity index (χ0) is 20.0. The fourth-order valence-electron chi connectivity index (χ4n) is 4.04. The molecule has 1 unspecified atom stereocenters. The summed E-state index contributed by atoms with van der Waals surface area (Å²) in [5.41, 5.74) is 5.12. The Kier molecular flexibility index (Phi) is 4.02. The number of phenols is 1. The number of hydrazine groups is 1. The quantitative estimate of drug-likeness (QED) is 0.273. The van der Waals surface area contributed by atoms with Gasteiger partial charge in [0.25, 0.3) is 0 Å². The van der Waals surface area contributed by atoms with Crippen LogP contribution in [0.15, 0.2) is 60.7 Å². The number of aromatic hydroxyl groups is 1. The van der Waals surface area contributed by atoms with Gasteiger partial charge in [-0.25, -0.2) is 5.43 Å². The summed E-state index contributed by atoms with van der Waals surface area (Å²) in [6.07, 6.45) is 0. The molecule has 2 aliphatic rings. The van der Waals surface area contributed by atoms with Gasteiger partial charge in [0.1, 0.15) is 29.5 Å². The molecule has 0 amide bonds. The molecule has 0 radical (unpaired) electrons. The van der Waals surface area contributed by atoms with Crippen LogP contribution in [0.5, 0.6) is 23.0 Å². The predicted molar refractivity (Wildman–Crippen MR) is 104 cm³/mol. The number of fused-ring (bicyclic) bond motifs is 6. The van der Waals surface area contributed by atoms with E-state index in [0.29, 0.717) is 23.9 Å². The van der Waals surface area contributed by atoms with Gasteiger partial charge >= 0.3 is 5.97 Å². The number of nitrogens with one attached hydrogen (secondary N) is 1. The van der Waals surface area contributed by atoms with E-state index in [1.54, 1.807) is 24.3 Å². The number of carbonyl (C=O) groups excluding carboxylic acids is 1. The fourth-order valence-corrected chi connectivity index (χ4v) is 4.04. The van der Waals surface area contributed by atoms with Crippen LogP contribution in [-0.4, -0.2) is 17.6 Å². The number of phenolic OH excluding ortho intramolecular Hbond substituents is 1. The number of esters is 1. The van der Waals surface area contributed by atoms with Gasteiger partial charge in [0, 0.05) is 23.3 Å². The molecule has 4 N–H and O–H groups in total. The lowest BCUT2D eigenvalue weighted by Crippen LogP contribution is -2.32. The van der Waals surface area contributed by atoms with E-state index in [0.717, 1.165) is 22.3 Å². The molecular weight excluding hydrogens is 372 g/mol. The van der Waals surface area contributed by atoms with Crippen molar-refractivity contribution in [1.29, 1.82) is 0 Å². The van der Waals surface area contributed by atoms with E-state index in [1.807, 2.05) is 36.4 Å². The van der Waals surface area contributed by atoms with Gasteiger partial charge in [-0.2, -0.15) is 0 Å². The Labute approximate surface area is 166 Å². The largest absolute Gasteiger partial charge is 0.508 e. The molecule has 3 aromatic rings. The van der Waals surface area contributed by atoms with Crippen LogP contribution in [0.4, 0.5) is 0 Å². The summed E-state index contributed by atoms with van der Waals surface area (Å²) in [7, 11) is 0. The summed E-state index contributed by atoms with van der Waals surface area (Å²) in [6.45, 7) is 0.337. The first kappa shape index (κ1) is 17.7. The van der Waals surface area contributed by atoms with Crippen LogP contribution in [0.2, 0.25) is 0 Å². The molecule has 7 heteroatoms. The fraction of sp³-hybridized carbons (Fsp3) is 0.136. The Morgan fingerprint density at radius 1 is 1.07 bits per heavy atom. The molecule has 3 aromatic carbocycles. The third kappa shape index (κ3) is 2.67. The number of hydrogen-bond acceptors (Lipinski definition) is 7. The second-order valence-corrected chi connectivity index (χ2v) is 6.92. The molecule has 7 nitrogen and oxygen atoms in total. The maximum atomic E-state index is 11.8. The van der Waals surface area contributed by atoms with E-state index in [-0.39, 0.29) is 12.3 Å². The van der Waals surface area contributed by atoms with E-state index in [2.05, 4.69) is 5.43 Å². The van der Waals surface area contributed by atoms with Crippen molar-refractivity contribution in [3.8, 4) is 23.0 Å². The number of nitrogens with two attached hydrogens (primary N) is 1. The molecule has 0 fully saturated rings. The molecule has 0 saturated carbocycles. The van der Waals surface area contributed by atoms with Gasteiger partial charge in [-0.1, -0.05) is 24.3 Å². The van der Waals surface area contributed by atoms with Crippen LogP contribution < -0.4 is 20.7 Å². The highest BCUT2D eigenvalue weighted by atomic mass is 16.5. The van der Waals surface area contributed by atoms with Gasteiger partial charge in [-0.15, -0.1) is 0 Å². The van der Waals surface area contributed by atoms with Crippen LogP contribution in [0, 0.1) is 0 Å². The first-order chi connectivity index (χ1) is 14.1. The van der Waals surface area contributed by atoms with Gasteiger partial charge < -0.3 is 19.3 Å². The zero-order valence-electron chi connectivity index (χ0n) is 15.3. The maximum Gasteiger partial charge on any atom is 0.326 e. The second-order valence-electron chi connectivity index (χ2n) is 6.92. The minimum atomic E-state index is -0.867. The zero-order valence-corrected chi connectivity index (χ0v) is 15.3. The molecule has 0 saturated heterocycles. The smallest absolute Gasteiger partial charge is 0.326 e. The van der Waals surface area contributed by atoms with Gasteiger partial charge in [-0.05, 0) is 35.4 Å². The van der Waals surface area contributed by atoms with E-state index < -0.39 is 11.6 Å². The van der Waals surface area contributed by atoms with E-state index in [1.165, 1.54) is 0 Å². The highest BCUT2D eigenvalue weighted by molar-refractivity contribution is 5.75. The average Bonchev–Trinajstić information content (AvgIpc) is 3.08. The third-order valence-corrected chi connectivity index (χ3v) is 5.22. The highest BCUT2D eigenvalue weighted by Crippen LogP contribution is 2.56. The Morgan fingerprint density at radius 2 is 1.83 bits per heavy atom. The monoisotopic (exact) mass is 390 g/mol. The van der Waals surface area contributed by atoms with Gasteiger partial charge in [-0.3, -0.25) is 10.6 Å². The Hall–Kier alpha value is -3.39. The molecule has 29 heavy (non-hydrogen) atoms. The molecule has 1 atom stereocenters. The molecule has 0 aliphatic carbocycles. The van der Waals surface area contributed by atoms with Gasteiger partial charge in [0.2, 0.25) is 0 Å². The lowest BCUT2D eigenvalue weighted by molar-refractivity contribution is -0.133. The van der Waals surface area contributed by atoms with Crippen LogP contribution in [0.1, 0.15) is 22.3 Å². The van der Waals surface area contributed by atoms with Crippen molar-refractivity contribution >= 4 is 5.97 Å². The van der Waals surface area contributed by atoms with Crippen LogP contribution in [0.3, 0.4) is 0 Å². The third-order valence-electron chi connectivity index (χ3n) is 5.22. The number of benzene rings is 3. The van der Waals surface area contributed by atoms with E-state index in [9.17, 15) is 9.90 Å². The number of rotatable bonds is 3. The molecule has 146 valence electrons. The second kappa shape index (κ2) is 6.59. The summed E-state index contributed by atoms with van der Waals surface area (Å²) in [6, 6.07) is 18.2. The van der Waals surface area contributed by atoms with Crippen LogP contribution >= 0.6 is 0 Å². The van der Waals surface area contributed by atoms with Gasteiger partial charge in [0.15, 0.2) is 5.60 Å². The van der Waals surface area contributed by atoms with Crippen molar-refractivity contribution in [3.05, 3.63) is 82.9 Å². The standard InChI is InChI=1S/C22H18N2O5/c23-24-11-21(26)28-15-6-8-18-20(10-15)29-19-9-14(25)5-7-17(19)22(18)16-4-2-1-3-13(16)12-27-22/h1-10,24-25H,11-12,23H2. The van der Waals surface area contributed by atoms with Crippen molar-refractivity contribution < 1.29 is 24.1 Å². The number of ether oxygens (including phenoxy) is 3. The molecule has 2 aliphatic heterocycles. The maximum absolute atomic E-state index is 11.8. The summed E-state index contributed by atoms with van der Waals surface area (Å²) >= 11 is 0. The van der Waals surface area contributed by atoms with E-state index in [4.69, 9.17) is 20.1 Å². The Balaban J connectivity index is 1.69. The first-order valence-corrected chi connectivity index (χ1v) is 9.14. The van der Waals surface area contributed by atoms with Crippen molar-refractivity contribution in [2.24, 2.45) is 5.84 Å². The van der Waals surface area contributed by atoms with Gasteiger partial charge in [0.05, 0.1) is 6.61 Å². The Morgan fingerprint density at radius 3 is 2.66 bits per heavy atom. The normalized spacial score (nSPS) is 18.5. The van der Waals surface area contributed by atoms with E-state index >= 15 is 0 Å².